The van der Waals surface area contributed by atoms with Crippen LogP contribution < -0.4 is 5.32 Å². The van der Waals surface area contributed by atoms with Crippen molar-refractivity contribution in [3.05, 3.63) is 47.3 Å². The molecule has 0 radical (unpaired) electrons. The van der Waals surface area contributed by atoms with Gasteiger partial charge in [-0.3, -0.25) is 0 Å². The standard InChI is InChI=1S/C26H27FN4O2/c1-26(2)13-28-21-17(26)8-7-15-11-20(31(22(15)21)12-14-5-6-14)24-29-19-10-16(25(32)33-4)9-18(27)23(19)30(24)3/h7-11,14,28H,5-6,12-13H2,1-4H3. The van der Waals surface area contributed by atoms with E-state index in [0.29, 0.717) is 22.8 Å². The fraction of sp³-hybridized carbons (Fsp3) is 0.385. The summed E-state index contributed by atoms with van der Waals surface area (Å²) >= 11 is 0. The Labute approximate surface area is 191 Å². The Morgan fingerprint density at radius 1 is 1.24 bits per heavy atom. The number of methoxy groups -OCH3 is 1. The molecule has 1 saturated carbocycles. The summed E-state index contributed by atoms with van der Waals surface area (Å²) in [6.07, 6.45) is 2.46. The molecule has 6 rings (SSSR count). The van der Waals surface area contributed by atoms with Crippen molar-refractivity contribution in [1.29, 1.82) is 0 Å². The highest BCUT2D eigenvalue weighted by Crippen LogP contribution is 2.44. The summed E-state index contributed by atoms with van der Waals surface area (Å²) in [5, 5.41) is 4.80. The number of rotatable bonds is 4. The number of nitrogens with one attached hydrogen (secondary N) is 1. The number of benzene rings is 2. The molecule has 1 fully saturated rings. The predicted molar refractivity (Wildman–Crippen MR) is 127 cm³/mol. The third kappa shape index (κ3) is 2.98. The monoisotopic (exact) mass is 446 g/mol. The number of hydrogen-bond donors (Lipinski definition) is 1. The molecule has 4 aromatic rings. The zero-order valence-corrected chi connectivity index (χ0v) is 19.3. The Balaban J connectivity index is 1.61. The predicted octanol–water partition coefficient (Wildman–Crippen LogP) is 5.23. The Morgan fingerprint density at radius 2 is 2.03 bits per heavy atom. The van der Waals surface area contributed by atoms with E-state index in [1.807, 2.05) is 7.05 Å². The third-order valence-corrected chi connectivity index (χ3v) is 7.21. The quantitative estimate of drug-likeness (QED) is 0.436. The Bertz CT molecular complexity index is 1460. The van der Waals surface area contributed by atoms with Crippen LogP contribution in [0.2, 0.25) is 0 Å². The second-order valence-corrected chi connectivity index (χ2v) is 10.1. The van der Waals surface area contributed by atoms with Gasteiger partial charge >= 0.3 is 5.97 Å². The van der Waals surface area contributed by atoms with Gasteiger partial charge in [0, 0.05) is 30.9 Å². The van der Waals surface area contributed by atoms with E-state index in [1.165, 1.54) is 42.8 Å². The maximum atomic E-state index is 15.0. The number of nitrogens with zero attached hydrogens (tertiary/aromatic N) is 3. The maximum Gasteiger partial charge on any atom is 0.338 e. The fourth-order valence-corrected chi connectivity index (χ4v) is 5.20. The van der Waals surface area contributed by atoms with Crippen molar-refractivity contribution in [3.8, 4) is 11.5 Å². The number of imidazole rings is 1. The van der Waals surface area contributed by atoms with Crippen LogP contribution in [0.3, 0.4) is 0 Å². The first-order chi connectivity index (χ1) is 15.8. The highest BCUT2D eigenvalue weighted by molar-refractivity contribution is 5.99. The van der Waals surface area contributed by atoms with Gasteiger partial charge in [0.15, 0.2) is 5.82 Å². The van der Waals surface area contributed by atoms with Gasteiger partial charge in [-0.15, -0.1) is 0 Å². The van der Waals surface area contributed by atoms with Crippen LogP contribution in [0.25, 0.3) is 33.5 Å². The first kappa shape index (κ1) is 20.3. The van der Waals surface area contributed by atoms with Gasteiger partial charge in [0.05, 0.1) is 35.1 Å². The second kappa shape index (κ2) is 6.83. The SMILES string of the molecule is COC(=O)c1cc(F)c2c(c1)nc(-c1cc3ccc4c(c3n1CC1CC1)NCC4(C)C)n2C. The van der Waals surface area contributed by atoms with E-state index in [9.17, 15) is 4.79 Å². The molecule has 6 nitrogen and oxygen atoms in total. The van der Waals surface area contributed by atoms with Crippen LogP contribution in [0.4, 0.5) is 10.1 Å². The van der Waals surface area contributed by atoms with Gasteiger partial charge in [0.1, 0.15) is 11.3 Å². The average molecular weight is 447 g/mol. The van der Waals surface area contributed by atoms with Crippen LogP contribution >= 0.6 is 0 Å². The molecular weight excluding hydrogens is 419 g/mol. The van der Waals surface area contributed by atoms with E-state index in [-0.39, 0.29) is 11.0 Å². The van der Waals surface area contributed by atoms with Gasteiger partial charge in [0.2, 0.25) is 0 Å². The number of anilines is 1. The molecule has 0 bridgehead atoms. The van der Waals surface area contributed by atoms with Crippen LogP contribution in [-0.4, -0.2) is 33.7 Å². The topological polar surface area (TPSA) is 61.1 Å². The first-order valence-corrected chi connectivity index (χ1v) is 11.4. The largest absolute Gasteiger partial charge is 0.465 e. The molecule has 2 aliphatic rings. The molecule has 7 heteroatoms. The number of hydrogen-bond acceptors (Lipinski definition) is 4. The van der Waals surface area contributed by atoms with Gasteiger partial charge in [0.25, 0.3) is 0 Å². The van der Waals surface area contributed by atoms with Crippen molar-refractivity contribution in [2.24, 2.45) is 13.0 Å². The van der Waals surface area contributed by atoms with Gasteiger partial charge < -0.3 is 19.2 Å². The second-order valence-electron chi connectivity index (χ2n) is 10.1. The summed E-state index contributed by atoms with van der Waals surface area (Å²) in [5.41, 5.74) is 5.75. The van der Waals surface area contributed by atoms with Crippen LogP contribution in [-0.2, 0) is 23.7 Å². The number of carbonyl (C=O) groups excluding carboxylic acids is 1. The van der Waals surface area contributed by atoms with Crippen LogP contribution in [0.5, 0.6) is 0 Å². The summed E-state index contributed by atoms with van der Waals surface area (Å²) in [4.78, 5) is 16.8. The van der Waals surface area contributed by atoms with Gasteiger partial charge in [-0.2, -0.15) is 0 Å². The number of halogens is 1. The summed E-state index contributed by atoms with van der Waals surface area (Å²) in [6, 6.07) is 9.39. The number of fused-ring (bicyclic) bond motifs is 4. The Morgan fingerprint density at radius 3 is 2.76 bits per heavy atom. The lowest BCUT2D eigenvalue weighted by Crippen LogP contribution is -2.18. The maximum absolute atomic E-state index is 15.0. The smallest absolute Gasteiger partial charge is 0.338 e. The number of carbonyl (C=O) groups is 1. The molecule has 1 aliphatic carbocycles. The normalized spacial score (nSPS) is 16.9. The fourth-order valence-electron chi connectivity index (χ4n) is 5.20. The molecule has 0 amide bonds. The van der Waals surface area contributed by atoms with Gasteiger partial charge in [-0.05, 0) is 42.5 Å². The lowest BCUT2D eigenvalue weighted by atomic mass is 9.86. The van der Waals surface area contributed by atoms with Gasteiger partial charge in [-0.25, -0.2) is 14.2 Å². The summed E-state index contributed by atoms with van der Waals surface area (Å²) in [5.74, 6) is 0.286. The van der Waals surface area contributed by atoms with Crippen LogP contribution in [0.1, 0.15) is 42.6 Å². The van der Waals surface area contributed by atoms with Crippen LogP contribution in [0.15, 0.2) is 30.3 Å². The zero-order valence-electron chi connectivity index (χ0n) is 19.3. The molecule has 33 heavy (non-hydrogen) atoms. The average Bonchev–Trinajstić information content (AvgIpc) is 3.33. The van der Waals surface area contributed by atoms with Crippen molar-refractivity contribution in [2.75, 3.05) is 19.0 Å². The van der Waals surface area contributed by atoms with Crippen molar-refractivity contribution >= 4 is 33.6 Å². The number of aryl methyl sites for hydroxylation is 1. The lowest BCUT2D eigenvalue weighted by molar-refractivity contribution is 0.0600. The molecule has 1 N–H and O–H groups in total. The van der Waals surface area contributed by atoms with E-state index in [0.717, 1.165) is 24.2 Å². The van der Waals surface area contributed by atoms with Crippen molar-refractivity contribution < 1.29 is 13.9 Å². The summed E-state index contributed by atoms with van der Waals surface area (Å²) in [7, 11) is 3.12. The first-order valence-electron chi connectivity index (χ1n) is 11.4. The highest BCUT2D eigenvalue weighted by Gasteiger charge is 2.34. The zero-order chi connectivity index (χ0) is 23.1. The van der Waals surface area contributed by atoms with Crippen molar-refractivity contribution in [1.82, 2.24) is 14.1 Å². The van der Waals surface area contributed by atoms with E-state index in [2.05, 4.69) is 41.9 Å². The molecule has 0 atom stereocenters. The number of aromatic nitrogens is 3. The number of ether oxygens (including phenoxy) is 1. The highest BCUT2D eigenvalue weighted by atomic mass is 19.1. The van der Waals surface area contributed by atoms with Gasteiger partial charge in [-0.1, -0.05) is 26.0 Å². The summed E-state index contributed by atoms with van der Waals surface area (Å²) in [6.45, 7) is 6.34. The van der Waals surface area contributed by atoms with Crippen molar-refractivity contribution in [2.45, 2.75) is 38.6 Å². The van der Waals surface area contributed by atoms with E-state index >= 15 is 4.39 Å². The molecule has 1 aliphatic heterocycles. The molecule has 2 aromatic heterocycles. The molecule has 3 heterocycles. The lowest BCUT2D eigenvalue weighted by Gasteiger charge is -2.17. The van der Waals surface area contributed by atoms with Crippen molar-refractivity contribution in [3.63, 3.8) is 0 Å². The molecule has 0 spiro atoms. The molecule has 0 unspecified atom stereocenters. The number of esters is 1. The Hall–Kier alpha value is -3.35. The Kier molecular flexibility index (Phi) is 4.19. The molecule has 2 aromatic carbocycles. The summed E-state index contributed by atoms with van der Waals surface area (Å²) < 4.78 is 24.0. The van der Waals surface area contributed by atoms with E-state index < -0.39 is 11.8 Å². The minimum absolute atomic E-state index is 0.0731. The third-order valence-electron chi connectivity index (χ3n) is 7.21. The van der Waals surface area contributed by atoms with E-state index in [4.69, 9.17) is 9.72 Å². The minimum atomic E-state index is -0.574. The molecular formula is C26H27FN4O2. The van der Waals surface area contributed by atoms with Crippen LogP contribution in [0, 0.1) is 11.7 Å². The molecule has 0 saturated heterocycles. The minimum Gasteiger partial charge on any atom is -0.465 e. The molecule has 170 valence electrons. The van der Waals surface area contributed by atoms with E-state index in [1.54, 1.807) is 10.6 Å².